The minimum absolute atomic E-state index is 0.0286. The first-order valence-corrected chi connectivity index (χ1v) is 5.89. The van der Waals surface area contributed by atoms with Crippen LogP contribution in [0.1, 0.15) is 25.7 Å². The van der Waals surface area contributed by atoms with E-state index in [0.717, 1.165) is 12.8 Å². The second kappa shape index (κ2) is 5.01. The quantitative estimate of drug-likeness (QED) is 0.724. The second-order valence-corrected chi connectivity index (χ2v) is 4.53. The summed E-state index contributed by atoms with van der Waals surface area (Å²) in [7, 11) is 0. The standard InChI is InChI=1S/C11H17NO5/c13-9(8-3-1-2-5-17-8)12-11(10(14)15)4-6-16-7-11/h8H,1-7H2,(H,12,13)(H,14,15). The molecule has 1 amide bonds. The molecule has 17 heavy (non-hydrogen) atoms. The number of nitrogens with one attached hydrogen (secondary N) is 1. The molecule has 2 saturated heterocycles. The molecule has 0 bridgehead atoms. The SMILES string of the molecule is O=C(NC1(C(=O)O)CCOC1)C1CCCCO1. The summed E-state index contributed by atoms with van der Waals surface area (Å²) in [6.07, 6.45) is 2.34. The highest BCUT2D eigenvalue weighted by molar-refractivity contribution is 5.89. The Morgan fingerprint density at radius 1 is 1.29 bits per heavy atom. The molecule has 2 unspecified atom stereocenters. The number of carbonyl (C=O) groups excluding carboxylic acids is 1. The molecule has 0 aliphatic carbocycles. The smallest absolute Gasteiger partial charge is 0.331 e. The number of carbonyl (C=O) groups is 2. The molecule has 0 aromatic heterocycles. The van der Waals surface area contributed by atoms with Crippen molar-refractivity contribution in [2.24, 2.45) is 0 Å². The van der Waals surface area contributed by atoms with E-state index in [9.17, 15) is 14.7 Å². The van der Waals surface area contributed by atoms with Crippen LogP contribution in [0.5, 0.6) is 0 Å². The Bertz CT molecular complexity index is 305. The summed E-state index contributed by atoms with van der Waals surface area (Å²) in [6.45, 7) is 0.952. The topological polar surface area (TPSA) is 84.9 Å². The monoisotopic (exact) mass is 243 g/mol. The van der Waals surface area contributed by atoms with Crippen LogP contribution in [0.25, 0.3) is 0 Å². The first-order chi connectivity index (χ1) is 8.14. The third-order valence-electron chi connectivity index (χ3n) is 3.27. The van der Waals surface area contributed by atoms with E-state index in [2.05, 4.69) is 5.32 Å². The molecule has 96 valence electrons. The fourth-order valence-electron chi connectivity index (χ4n) is 2.15. The highest BCUT2D eigenvalue weighted by Gasteiger charge is 2.45. The molecule has 2 heterocycles. The molecule has 2 aliphatic heterocycles. The first kappa shape index (κ1) is 12.3. The molecular weight excluding hydrogens is 226 g/mol. The van der Waals surface area contributed by atoms with Gasteiger partial charge in [0.05, 0.1) is 6.61 Å². The number of aliphatic carboxylic acids is 1. The van der Waals surface area contributed by atoms with Gasteiger partial charge >= 0.3 is 5.97 Å². The molecule has 2 rings (SSSR count). The zero-order valence-electron chi connectivity index (χ0n) is 9.61. The van der Waals surface area contributed by atoms with Crippen LogP contribution in [0.4, 0.5) is 0 Å². The molecule has 6 heteroatoms. The molecule has 2 atom stereocenters. The maximum atomic E-state index is 11.9. The predicted octanol–water partition coefficient (Wildman–Crippen LogP) is -0.0846. The van der Waals surface area contributed by atoms with Crippen molar-refractivity contribution in [1.82, 2.24) is 5.32 Å². The number of carboxylic acid groups (broad SMARTS) is 1. The van der Waals surface area contributed by atoms with E-state index >= 15 is 0 Å². The minimum Gasteiger partial charge on any atom is -0.479 e. The summed E-state index contributed by atoms with van der Waals surface area (Å²) in [5, 5.41) is 11.7. The molecule has 0 saturated carbocycles. The number of ether oxygens (including phenoxy) is 2. The van der Waals surface area contributed by atoms with Gasteiger partial charge < -0.3 is 19.9 Å². The van der Waals surface area contributed by atoms with Gasteiger partial charge in [0.15, 0.2) is 5.54 Å². The number of hydrogen-bond acceptors (Lipinski definition) is 4. The van der Waals surface area contributed by atoms with Crippen LogP contribution in [-0.4, -0.2) is 48.4 Å². The van der Waals surface area contributed by atoms with Crippen LogP contribution >= 0.6 is 0 Å². The normalized spacial score (nSPS) is 33.3. The van der Waals surface area contributed by atoms with Crippen molar-refractivity contribution in [2.45, 2.75) is 37.3 Å². The van der Waals surface area contributed by atoms with Gasteiger partial charge in [-0.15, -0.1) is 0 Å². The van der Waals surface area contributed by atoms with Gasteiger partial charge in [-0.25, -0.2) is 4.79 Å². The number of hydrogen-bond donors (Lipinski definition) is 2. The lowest BCUT2D eigenvalue weighted by Crippen LogP contribution is -2.58. The average molecular weight is 243 g/mol. The van der Waals surface area contributed by atoms with Crippen LogP contribution in [0.3, 0.4) is 0 Å². The van der Waals surface area contributed by atoms with Gasteiger partial charge in [-0.05, 0) is 19.3 Å². The van der Waals surface area contributed by atoms with E-state index in [1.807, 2.05) is 0 Å². The second-order valence-electron chi connectivity index (χ2n) is 4.53. The van der Waals surface area contributed by atoms with E-state index in [1.165, 1.54) is 0 Å². The Morgan fingerprint density at radius 2 is 2.12 bits per heavy atom. The molecule has 0 spiro atoms. The van der Waals surface area contributed by atoms with Gasteiger partial charge in [0.25, 0.3) is 0 Å². The molecule has 6 nitrogen and oxygen atoms in total. The van der Waals surface area contributed by atoms with Gasteiger partial charge in [-0.1, -0.05) is 0 Å². The molecule has 2 N–H and O–H groups in total. The van der Waals surface area contributed by atoms with E-state index in [1.54, 1.807) is 0 Å². The number of rotatable bonds is 3. The Hall–Kier alpha value is -1.14. The van der Waals surface area contributed by atoms with E-state index in [0.29, 0.717) is 26.1 Å². The van der Waals surface area contributed by atoms with Crippen molar-refractivity contribution in [2.75, 3.05) is 19.8 Å². The molecule has 2 aliphatic rings. The zero-order chi connectivity index (χ0) is 12.3. The zero-order valence-corrected chi connectivity index (χ0v) is 9.61. The maximum absolute atomic E-state index is 11.9. The molecular formula is C11H17NO5. The van der Waals surface area contributed by atoms with Gasteiger partial charge in [0, 0.05) is 19.6 Å². The fraction of sp³-hybridized carbons (Fsp3) is 0.818. The van der Waals surface area contributed by atoms with Crippen molar-refractivity contribution in [3.8, 4) is 0 Å². The Balaban J connectivity index is 1.98. The van der Waals surface area contributed by atoms with Gasteiger partial charge in [0.1, 0.15) is 6.10 Å². The fourth-order valence-corrected chi connectivity index (χ4v) is 2.15. The summed E-state index contributed by atoms with van der Waals surface area (Å²) >= 11 is 0. The average Bonchev–Trinajstić information content (AvgIpc) is 2.80. The van der Waals surface area contributed by atoms with Crippen LogP contribution < -0.4 is 5.32 Å². The molecule has 0 radical (unpaired) electrons. The molecule has 0 aromatic rings. The first-order valence-electron chi connectivity index (χ1n) is 5.89. The highest BCUT2D eigenvalue weighted by atomic mass is 16.5. The Morgan fingerprint density at radius 3 is 2.65 bits per heavy atom. The predicted molar refractivity (Wildman–Crippen MR) is 57.5 cm³/mol. The van der Waals surface area contributed by atoms with Crippen molar-refractivity contribution >= 4 is 11.9 Å². The summed E-state index contributed by atoms with van der Waals surface area (Å²) in [5.74, 6) is -1.38. The van der Waals surface area contributed by atoms with Crippen molar-refractivity contribution in [3.63, 3.8) is 0 Å². The third-order valence-corrected chi connectivity index (χ3v) is 3.27. The lowest BCUT2D eigenvalue weighted by molar-refractivity contribution is -0.151. The van der Waals surface area contributed by atoms with Crippen LogP contribution in [0.15, 0.2) is 0 Å². The summed E-state index contributed by atoms with van der Waals surface area (Å²) < 4.78 is 10.4. The van der Waals surface area contributed by atoms with Crippen LogP contribution in [0, 0.1) is 0 Å². The molecule has 0 aromatic carbocycles. The lowest BCUT2D eigenvalue weighted by atomic mass is 9.98. The van der Waals surface area contributed by atoms with E-state index in [4.69, 9.17) is 9.47 Å². The van der Waals surface area contributed by atoms with Crippen LogP contribution in [-0.2, 0) is 19.1 Å². The Labute approximate surface area is 99.3 Å². The van der Waals surface area contributed by atoms with Gasteiger partial charge in [-0.3, -0.25) is 4.79 Å². The van der Waals surface area contributed by atoms with Crippen molar-refractivity contribution in [1.29, 1.82) is 0 Å². The maximum Gasteiger partial charge on any atom is 0.331 e. The Kier molecular flexibility index (Phi) is 3.63. The highest BCUT2D eigenvalue weighted by Crippen LogP contribution is 2.21. The van der Waals surface area contributed by atoms with Gasteiger partial charge in [0.2, 0.25) is 5.91 Å². The minimum atomic E-state index is -1.27. The lowest BCUT2D eigenvalue weighted by Gasteiger charge is -2.28. The van der Waals surface area contributed by atoms with Crippen molar-refractivity contribution in [3.05, 3.63) is 0 Å². The summed E-state index contributed by atoms with van der Waals surface area (Å²) in [4.78, 5) is 23.1. The molecule has 2 fully saturated rings. The third kappa shape index (κ3) is 2.58. The van der Waals surface area contributed by atoms with Crippen molar-refractivity contribution < 1.29 is 24.2 Å². The van der Waals surface area contributed by atoms with Gasteiger partial charge in [-0.2, -0.15) is 0 Å². The van der Waals surface area contributed by atoms with Crippen LogP contribution in [0.2, 0.25) is 0 Å². The van der Waals surface area contributed by atoms with E-state index < -0.39 is 17.6 Å². The summed E-state index contributed by atoms with van der Waals surface area (Å²) in [6, 6.07) is 0. The largest absolute Gasteiger partial charge is 0.479 e. The van der Waals surface area contributed by atoms with E-state index in [-0.39, 0.29) is 12.5 Å². The summed E-state index contributed by atoms with van der Waals surface area (Å²) in [5.41, 5.74) is -1.27. The number of carboxylic acids is 1. The number of amides is 1.